The van der Waals surface area contributed by atoms with Gasteiger partial charge in [0, 0.05) is 26.1 Å². The Morgan fingerprint density at radius 2 is 1.80 bits per heavy atom. The van der Waals surface area contributed by atoms with Crippen LogP contribution in [-0.4, -0.2) is 43.5 Å². The number of carbonyl (C=O) groups excluding carboxylic acids is 2. The van der Waals surface area contributed by atoms with Gasteiger partial charge in [-0.05, 0) is 43.4 Å². The third-order valence-corrected chi connectivity index (χ3v) is 5.37. The van der Waals surface area contributed by atoms with Crippen LogP contribution in [0, 0.1) is 0 Å². The molecule has 1 aromatic carbocycles. The summed E-state index contributed by atoms with van der Waals surface area (Å²) in [6, 6.07) is 7.84. The number of nitrogens with zero attached hydrogens (tertiary/aromatic N) is 1. The van der Waals surface area contributed by atoms with Crippen LogP contribution >= 0.6 is 0 Å². The quantitative estimate of drug-likeness (QED) is 0.917. The standard InChI is InChI=1S/C20H28N2O3/c1-25-17-8-6-16(7-9-17)20(11-12-20)19(24)22-14-5-3-2-4-13-21-18(23)10-15-22/h6-9H,2-5,10-15H2,1H3,(H,21,23). The average Bonchev–Trinajstić information content (AvgIpc) is 3.44. The van der Waals surface area contributed by atoms with Gasteiger partial charge in [-0.25, -0.2) is 0 Å². The van der Waals surface area contributed by atoms with E-state index in [1.807, 2.05) is 29.2 Å². The summed E-state index contributed by atoms with van der Waals surface area (Å²) in [5.41, 5.74) is 0.681. The molecular formula is C20H28N2O3. The Morgan fingerprint density at radius 1 is 1.08 bits per heavy atom. The number of hydrogen-bond donors (Lipinski definition) is 1. The first kappa shape index (κ1) is 17.8. The van der Waals surface area contributed by atoms with E-state index >= 15 is 0 Å². The van der Waals surface area contributed by atoms with Crippen LogP contribution in [0.2, 0.25) is 0 Å². The Morgan fingerprint density at radius 3 is 2.48 bits per heavy atom. The predicted octanol–water partition coefficient (Wildman–Crippen LogP) is 2.64. The van der Waals surface area contributed by atoms with Crippen LogP contribution in [-0.2, 0) is 15.0 Å². The number of rotatable bonds is 3. The van der Waals surface area contributed by atoms with Crippen molar-refractivity contribution in [3.63, 3.8) is 0 Å². The molecule has 1 N–H and O–H groups in total. The monoisotopic (exact) mass is 344 g/mol. The minimum absolute atomic E-state index is 0.0500. The highest BCUT2D eigenvalue weighted by Crippen LogP contribution is 2.50. The lowest BCUT2D eigenvalue weighted by Crippen LogP contribution is -2.41. The molecule has 5 nitrogen and oxygen atoms in total. The highest BCUT2D eigenvalue weighted by molar-refractivity contribution is 5.91. The molecule has 1 saturated heterocycles. The van der Waals surface area contributed by atoms with Gasteiger partial charge in [0.15, 0.2) is 0 Å². The fourth-order valence-electron chi connectivity index (χ4n) is 3.61. The number of carbonyl (C=O) groups is 2. The molecule has 5 heteroatoms. The van der Waals surface area contributed by atoms with Gasteiger partial charge in [-0.1, -0.05) is 25.0 Å². The summed E-state index contributed by atoms with van der Waals surface area (Å²) < 4.78 is 5.22. The molecule has 0 aromatic heterocycles. The molecule has 0 unspecified atom stereocenters. The number of benzene rings is 1. The molecule has 1 heterocycles. The largest absolute Gasteiger partial charge is 0.497 e. The maximum atomic E-state index is 13.3. The molecule has 25 heavy (non-hydrogen) atoms. The molecule has 1 aliphatic heterocycles. The summed E-state index contributed by atoms with van der Waals surface area (Å²) in [5, 5.41) is 2.95. The summed E-state index contributed by atoms with van der Waals surface area (Å²) in [6.07, 6.45) is 6.42. The molecule has 2 aliphatic rings. The van der Waals surface area contributed by atoms with Crippen LogP contribution < -0.4 is 10.1 Å². The lowest BCUT2D eigenvalue weighted by molar-refractivity contribution is -0.134. The van der Waals surface area contributed by atoms with E-state index in [4.69, 9.17) is 4.74 Å². The zero-order chi connectivity index (χ0) is 17.7. The SMILES string of the molecule is COc1ccc(C2(C(=O)N3CCCCCCNC(=O)CC3)CC2)cc1. The van der Waals surface area contributed by atoms with E-state index in [0.717, 1.165) is 62.9 Å². The number of methoxy groups -OCH3 is 1. The highest BCUT2D eigenvalue weighted by Gasteiger charge is 2.52. The van der Waals surface area contributed by atoms with Crippen LogP contribution in [0.1, 0.15) is 50.5 Å². The van der Waals surface area contributed by atoms with Crippen molar-refractivity contribution in [2.45, 2.75) is 50.4 Å². The fourth-order valence-corrected chi connectivity index (χ4v) is 3.61. The molecule has 2 amide bonds. The van der Waals surface area contributed by atoms with Gasteiger partial charge in [0.2, 0.25) is 11.8 Å². The second-order valence-corrected chi connectivity index (χ2v) is 7.12. The van der Waals surface area contributed by atoms with E-state index in [2.05, 4.69) is 5.32 Å². The first-order valence-electron chi connectivity index (χ1n) is 9.36. The van der Waals surface area contributed by atoms with Gasteiger partial charge in [-0.3, -0.25) is 9.59 Å². The molecule has 0 spiro atoms. The third-order valence-electron chi connectivity index (χ3n) is 5.37. The third kappa shape index (κ3) is 4.14. The van der Waals surface area contributed by atoms with Crippen LogP contribution in [0.25, 0.3) is 0 Å². The van der Waals surface area contributed by atoms with Crippen molar-refractivity contribution in [2.75, 3.05) is 26.7 Å². The van der Waals surface area contributed by atoms with Crippen molar-refractivity contribution < 1.29 is 14.3 Å². The summed E-state index contributed by atoms with van der Waals surface area (Å²) in [4.78, 5) is 27.1. The fraction of sp³-hybridized carbons (Fsp3) is 0.600. The topological polar surface area (TPSA) is 58.6 Å². The zero-order valence-electron chi connectivity index (χ0n) is 15.1. The van der Waals surface area contributed by atoms with Gasteiger partial charge in [0.25, 0.3) is 0 Å². The van der Waals surface area contributed by atoms with Crippen molar-refractivity contribution in [1.29, 1.82) is 0 Å². The second kappa shape index (κ2) is 7.89. The van der Waals surface area contributed by atoms with Crippen molar-refractivity contribution in [1.82, 2.24) is 10.2 Å². The molecule has 0 radical (unpaired) electrons. The molecule has 1 aromatic rings. The molecule has 1 aliphatic carbocycles. The number of hydrogen-bond acceptors (Lipinski definition) is 3. The van der Waals surface area contributed by atoms with Gasteiger partial charge in [-0.2, -0.15) is 0 Å². The maximum absolute atomic E-state index is 13.3. The van der Waals surface area contributed by atoms with Crippen molar-refractivity contribution >= 4 is 11.8 Å². The van der Waals surface area contributed by atoms with Crippen molar-refractivity contribution in [3.8, 4) is 5.75 Å². The smallest absolute Gasteiger partial charge is 0.233 e. The summed E-state index contributed by atoms with van der Waals surface area (Å²) in [6.45, 7) is 2.02. The van der Waals surface area contributed by atoms with Crippen LogP contribution in [0.3, 0.4) is 0 Å². The van der Waals surface area contributed by atoms with E-state index in [-0.39, 0.29) is 17.2 Å². The van der Waals surface area contributed by atoms with Crippen LogP contribution in [0.5, 0.6) is 5.75 Å². The van der Waals surface area contributed by atoms with E-state index in [9.17, 15) is 9.59 Å². The first-order valence-corrected chi connectivity index (χ1v) is 9.36. The summed E-state index contributed by atoms with van der Waals surface area (Å²) in [7, 11) is 1.65. The lowest BCUT2D eigenvalue weighted by Gasteiger charge is -2.27. The Kier molecular flexibility index (Phi) is 5.61. The predicted molar refractivity (Wildman–Crippen MR) is 96.6 cm³/mol. The van der Waals surface area contributed by atoms with Gasteiger partial charge in [0.1, 0.15) is 5.75 Å². The number of amides is 2. The second-order valence-electron chi connectivity index (χ2n) is 7.12. The Bertz CT molecular complexity index is 608. The van der Waals surface area contributed by atoms with E-state index in [0.29, 0.717) is 13.0 Å². The van der Waals surface area contributed by atoms with Crippen LogP contribution in [0.4, 0.5) is 0 Å². The molecular weight excluding hydrogens is 316 g/mol. The van der Waals surface area contributed by atoms with Gasteiger partial charge in [-0.15, -0.1) is 0 Å². The van der Waals surface area contributed by atoms with Crippen molar-refractivity contribution in [2.24, 2.45) is 0 Å². The Labute approximate surface area is 149 Å². The van der Waals surface area contributed by atoms with Gasteiger partial charge < -0.3 is 15.0 Å². The van der Waals surface area contributed by atoms with E-state index < -0.39 is 0 Å². The van der Waals surface area contributed by atoms with Crippen LogP contribution in [0.15, 0.2) is 24.3 Å². The molecule has 2 fully saturated rings. The first-order chi connectivity index (χ1) is 12.2. The van der Waals surface area contributed by atoms with E-state index in [1.54, 1.807) is 7.11 Å². The molecule has 0 bridgehead atoms. The van der Waals surface area contributed by atoms with Crippen molar-refractivity contribution in [3.05, 3.63) is 29.8 Å². The Hall–Kier alpha value is -2.04. The molecule has 136 valence electrons. The summed E-state index contributed by atoms with van der Waals surface area (Å²) in [5.74, 6) is 1.04. The Balaban J connectivity index is 1.72. The minimum Gasteiger partial charge on any atom is -0.497 e. The average molecular weight is 344 g/mol. The maximum Gasteiger partial charge on any atom is 0.233 e. The summed E-state index contributed by atoms with van der Waals surface area (Å²) >= 11 is 0. The molecule has 0 atom stereocenters. The zero-order valence-corrected chi connectivity index (χ0v) is 15.1. The number of ether oxygens (including phenoxy) is 1. The highest BCUT2D eigenvalue weighted by atomic mass is 16.5. The number of nitrogens with one attached hydrogen (secondary N) is 1. The van der Waals surface area contributed by atoms with E-state index in [1.165, 1.54) is 0 Å². The van der Waals surface area contributed by atoms with Gasteiger partial charge in [0.05, 0.1) is 12.5 Å². The molecule has 1 saturated carbocycles. The normalized spacial score (nSPS) is 21.0. The minimum atomic E-state index is -0.386. The lowest BCUT2D eigenvalue weighted by atomic mass is 9.94. The molecule has 3 rings (SSSR count). The van der Waals surface area contributed by atoms with Gasteiger partial charge >= 0.3 is 0 Å².